The largest absolute Gasteiger partial charge is 0.497 e. The van der Waals surface area contributed by atoms with Crippen LogP contribution in [0.2, 0.25) is 0 Å². The molecule has 0 aliphatic heterocycles. The Morgan fingerprint density at radius 3 is 2.47 bits per heavy atom. The lowest BCUT2D eigenvalue weighted by atomic mass is 10.1. The minimum absolute atomic E-state index is 0.110. The van der Waals surface area contributed by atoms with Crippen LogP contribution in [0.25, 0.3) is 12.2 Å². The van der Waals surface area contributed by atoms with Crippen LogP contribution in [0, 0.1) is 0 Å². The highest BCUT2D eigenvalue weighted by molar-refractivity contribution is 7.07. The van der Waals surface area contributed by atoms with Gasteiger partial charge in [0.25, 0.3) is 5.56 Å². The number of ketones is 1. The van der Waals surface area contributed by atoms with Crippen molar-refractivity contribution in [3.8, 4) is 17.2 Å². The van der Waals surface area contributed by atoms with Gasteiger partial charge >= 0.3 is 6.61 Å². The Labute approximate surface area is 173 Å². The molecule has 9 heteroatoms. The smallest absolute Gasteiger partial charge is 0.387 e. The number of aromatic nitrogens is 1. The zero-order valence-electron chi connectivity index (χ0n) is 16.0. The van der Waals surface area contributed by atoms with Crippen molar-refractivity contribution in [1.29, 1.82) is 0 Å². The Morgan fingerprint density at radius 2 is 1.83 bits per heavy atom. The zero-order chi connectivity index (χ0) is 21.7. The molecule has 6 nitrogen and oxygen atoms in total. The summed E-state index contributed by atoms with van der Waals surface area (Å²) in [5.41, 5.74) is 0.214. The van der Waals surface area contributed by atoms with E-state index in [1.54, 1.807) is 30.3 Å². The van der Waals surface area contributed by atoms with Crippen LogP contribution < -0.4 is 29.0 Å². The molecule has 0 radical (unpaired) electrons. The summed E-state index contributed by atoms with van der Waals surface area (Å²) in [6.45, 7) is -3.05. The molecule has 0 saturated heterocycles. The fourth-order valence-corrected chi connectivity index (χ4v) is 3.52. The van der Waals surface area contributed by atoms with Crippen LogP contribution >= 0.6 is 11.3 Å². The van der Waals surface area contributed by atoms with Gasteiger partial charge < -0.3 is 19.2 Å². The number of ether oxygens (including phenoxy) is 3. The Morgan fingerprint density at radius 1 is 1.10 bits per heavy atom. The maximum Gasteiger partial charge on any atom is 0.387 e. The number of para-hydroxylation sites is 1. The van der Waals surface area contributed by atoms with E-state index in [1.807, 2.05) is 0 Å². The molecule has 3 rings (SSSR count). The highest BCUT2D eigenvalue weighted by atomic mass is 32.1. The summed E-state index contributed by atoms with van der Waals surface area (Å²) in [5.74, 6) is 0.249. The zero-order valence-corrected chi connectivity index (χ0v) is 16.8. The van der Waals surface area contributed by atoms with Gasteiger partial charge in [-0.1, -0.05) is 12.1 Å². The lowest BCUT2D eigenvalue weighted by molar-refractivity contribution is -0.0513. The number of thiazole rings is 1. The number of hydrogen-bond donors (Lipinski definition) is 1. The first kappa shape index (κ1) is 21.3. The van der Waals surface area contributed by atoms with Crippen LogP contribution in [0.3, 0.4) is 0 Å². The summed E-state index contributed by atoms with van der Waals surface area (Å²) in [6.07, 6.45) is 2.70. The highest BCUT2D eigenvalue weighted by Gasteiger charge is 2.14. The molecule has 1 N–H and O–H groups in total. The van der Waals surface area contributed by atoms with Crippen LogP contribution in [0.4, 0.5) is 8.78 Å². The first-order valence-corrected chi connectivity index (χ1v) is 9.45. The lowest BCUT2D eigenvalue weighted by Gasteiger charge is -2.12. The molecule has 30 heavy (non-hydrogen) atoms. The van der Waals surface area contributed by atoms with Crippen LogP contribution in [-0.2, 0) is 0 Å². The van der Waals surface area contributed by atoms with E-state index in [0.717, 1.165) is 11.3 Å². The van der Waals surface area contributed by atoms with Gasteiger partial charge in [0.15, 0.2) is 17.3 Å². The fraction of sp³-hybridized carbons (Fsp3) is 0.143. The predicted octanol–water partition coefficient (Wildman–Crippen LogP) is 2.55. The minimum atomic E-state index is -3.05. The summed E-state index contributed by atoms with van der Waals surface area (Å²) < 4.78 is 40.8. The first-order valence-electron chi connectivity index (χ1n) is 8.64. The number of H-pyrrole nitrogens is 1. The molecule has 0 saturated carbocycles. The summed E-state index contributed by atoms with van der Waals surface area (Å²) >= 11 is 1.02. The highest BCUT2D eigenvalue weighted by Crippen LogP contribution is 2.32. The number of Topliss-reactive ketones (excluding diaryl/α,β-unsaturated/α-hetero) is 1. The molecule has 0 amide bonds. The molecule has 0 spiro atoms. The molecule has 3 aromatic rings. The molecule has 156 valence electrons. The van der Waals surface area contributed by atoms with Crippen LogP contribution in [-0.4, -0.2) is 31.6 Å². The number of alkyl halides is 2. The number of aromatic amines is 1. The van der Waals surface area contributed by atoms with E-state index in [2.05, 4.69) is 9.72 Å². The van der Waals surface area contributed by atoms with E-state index in [1.165, 1.54) is 38.5 Å². The van der Waals surface area contributed by atoms with Crippen molar-refractivity contribution in [3.05, 3.63) is 73.1 Å². The second-order valence-corrected chi connectivity index (χ2v) is 7.01. The molecular formula is C21H17F2NO5S. The molecule has 0 aliphatic carbocycles. The van der Waals surface area contributed by atoms with Crippen LogP contribution in [0.15, 0.2) is 47.3 Å². The molecule has 1 aromatic heterocycles. The second-order valence-electron chi connectivity index (χ2n) is 5.92. The maximum atomic E-state index is 12.8. The Balaban J connectivity index is 2.00. The lowest BCUT2D eigenvalue weighted by Crippen LogP contribution is -2.20. The van der Waals surface area contributed by atoms with E-state index in [4.69, 9.17) is 9.47 Å². The van der Waals surface area contributed by atoms with Gasteiger partial charge in [-0.15, -0.1) is 11.3 Å². The maximum absolute atomic E-state index is 12.8. The second kappa shape index (κ2) is 9.36. The van der Waals surface area contributed by atoms with Gasteiger partial charge in [-0.3, -0.25) is 9.59 Å². The predicted molar refractivity (Wildman–Crippen MR) is 109 cm³/mol. The third-order valence-corrected chi connectivity index (χ3v) is 5.00. The molecule has 0 fully saturated rings. The van der Waals surface area contributed by atoms with E-state index in [0.29, 0.717) is 16.0 Å². The number of carbonyl (C=O) groups is 1. The number of methoxy groups -OCH3 is 2. The monoisotopic (exact) mass is 433 g/mol. The molecule has 1 heterocycles. The Kier molecular flexibility index (Phi) is 6.63. The third kappa shape index (κ3) is 4.93. The van der Waals surface area contributed by atoms with E-state index in [-0.39, 0.29) is 27.4 Å². The van der Waals surface area contributed by atoms with Crippen molar-refractivity contribution in [3.63, 3.8) is 0 Å². The average Bonchev–Trinajstić information content (AvgIpc) is 3.07. The number of hydrogen-bond acceptors (Lipinski definition) is 6. The standard InChI is InChI=1S/C21H17F2NO5S/c1-27-14-8-6-12(7-9-14)15(25)11-18-24-20(26)17(30-18)10-13-4-3-5-16(28-2)19(13)29-21(22)23/h3-11,21H,1-2H3,(H,24,26)/b17-10+,18-11+. The van der Waals surface area contributed by atoms with E-state index >= 15 is 0 Å². The van der Waals surface area contributed by atoms with Crippen LogP contribution in [0.5, 0.6) is 17.2 Å². The Bertz CT molecular complexity index is 1220. The molecule has 0 bridgehead atoms. The van der Waals surface area contributed by atoms with Crippen molar-refractivity contribution in [2.24, 2.45) is 0 Å². The van der Waals surface area contributed by atoms with Gasteiger partial charge in [-0.25, -0.2) is 0 Å². The SMILES string of the molecule is COc1ccc(C(=O)/C=c2\[nH]c(=O)/c(=C\c3cccc(OC)c3OC(F)F)s2)cc1. The van der Waals surface area contributed by atoms with Gasteiger partial charge in [-0.2, -0.15) is 8.78 Å². The molecule has 0 atom stereocenters. The minimum Gasteiger partial charge on any atom is -0.497 e. The van der Waals surface area contributed by atoms with Crippen LogP contribution in [0.1, 0.15) is 15.9 Å². The number of nitrogens with one attached hydrogen (secondary N) is 1. The van der Waals surface area contributed by atoms with Gasteiger partial charge in [0.1, 0.15) is 5.75 Å². The fourth-order valence-electron chi connectivity index (χ4n) is 2.65. The van der Waals surface area contributed by atoms with E-state index < -0.39 is 12.2 Å². The quantitative estimate of drug-likeness (QED) is 0.580. The van der Waals surface area contributed by atoms with Crippen molar-refractivity contribution < 1.29 is 27.8 Å². The summed E-state index contributed by atoms with van der Waals surface area (Å²) in [7, 11) is 2.85. The van der Waals surface area contributed by atoms with E-state index in [9.17, 15) is 18.4 Å². The third-order valence-electron chi connectivity index (χ3n) is 4.04. The van der Waals surface area contributed by atoms with Crippen molar-refractivity contribution in [2.45, 2.75) is 6.61 Å². The number of carbonyl (C=O) groups excluding carboxylic acids is 1. The average molecular weight is 433 g/mol. The number of benzene rings is 2. The number of halogens is 2. The summed E-state index contributed by atoms with van der Waals surface area (Å²) in [5, 5.41) is 0. The van der Waals surface area contributed by atoms with Gasteiger partial charge in [-0.05, 0) is 36.4 Å². The first-order chi connectivity index (χ1) is 14.4. The number of rotatable bonds is 7. The topological polar surface area (TPSA) is 77.6 Å². The molecular weight excluding hydrogens is 416 g/mol. The Hall–Kier alpha value is -3.46. The van der Waals surface area contributed by atoms with Crippen molar-refractivity contribution in [1.82, 2.24) is 4.98 Å². The summed E-state index contributed by atoms with van der Waals surface area (Å²) in [4.78, 5) is 27.3. The summed E-state index contributed by atoms with van der Waals surface area (Å²) in [6, 6.07) is 11.1. The molecule has 0 unspecified atom stereocenters. The van der Waals surface area contributed by atoms with Gasteiger partial charge in [0, 0.05) is 17.2 Å². The van der Waals surface area contributed by atoms with Gasteiger partial charge in [0.05, 0.1) is 23.4 Å². The van der Waals surface area contributed by atoms with Crippen molar-refractivity contribution in [2.75, 3.05) is 14.2 Å². The molecule has 0 aliphatic rings. The normalized spacial score (nSPS) is 12.3. The van der Waals surface area contributed by atoms with Crippen molar-refractivity contribution >= 4 is 29.3 Å². The molecule has 2 aromatic carbocycles. The van der Waals surface area contributed by atoms with Gasteiger partial charge in [0.2, 0.25) is 0 Å².